The first-order valence-electron chi connectivity index (χ1n) is 10.5. The first-order valence-corrected chi connectivity index (χ1v) is 12.0. The van der Waals surface area contributed by atoms with Gasteiger partial charge >= 0.3 is 6.18 Å². The molecular formula is C24H27F3N4OS. The molecule has 3 rings (SSSR count). The molecule has 2 aromatic rings. The third kappa shape index (κ3) is 5.90. The standard InChI is InChI=1S/C24H27F3N4OS/c1-14(2)21-5-4-8-33(21)22-7-6-16(11-17(22)24(25,26)27)19-12-20(31-13-30-19)18(28)9-15(3)10-23(29)32/h4-8,11-15,28,33H,9-10H2,1-3H3,(H2,29,32). The minimum atomic E-state index is -4.51. The molecule has 0 bridgehead atoms. The van der Waals surface area contributed by atoms with E-state index in [4.69, 9.17) is 11.1 Å². The van der Waals surface area contributed by atoms with E-state index in [-0.39, 0.29) is 35.3 Å². The zero-order valence-electron chi connectivity index (χ0n) is 18.6. The number of halogens is 3. The van der Waals surface area contributed by atoms with E-state index in [1.165, 1.54) is 18.5 Å². The van der Waals surface area contributed by atoms with Crippen molar-refractivity contribution in [3.63, 3.8) is 0 Å². The third-order valence-corrected chi connectivity index (χ3v) is 7.91. The number of hydrogen-bond acceptors (Lipinski definition) is 4. The monoisotopic (exact) mass is 476 g/mol. The minimum absolute atomic E-state index is 0.140. The van der Waals surface area contributed by atoms with Crippen molar-refractivity contribution >= 4 is 22.5 Å². The Balaban J connectivity index is 1.95. The minimum Gasteiger partial charge on any atom is -0.370 e. The highest BCUT2D eigenvalue weighted by Crippen LogP contribution is 2.55. The van der Waals surface area contributed by atoms with Gasteiger partial charge in [-0.15, -0.1) is 0 Å². The van der Waals surface area contributed by atoms with E-state index < -0.39 is 28.5 Å². The lowest BCUT2D eigenvalue weighted by atomic mass is 9.98. The Hall–Kier alpha value is -2.94. The van der Waals surface area contributed by atoms with Gasteiger partial charge < -0.3 is 11.1 Å². The van der Waals surface area contributed by atoms with Crippen LogP contribution in [-0.4, -0.2) is 21.6 Å². The highest BCUT2D eigenvalue weighted by Gasteiger charge is 2.36. The summed E-state index contributed by atoms with van der Waals surface area (Å²) in [4.78, 5) is 20.6. The van der Waals surface area contributed by atoms with Crippen LogP contribution >= 0.6 is 10.9 Å². The number of hydrogen-bond donors (Lipinski definition) is 3. The van der Waals surface area contributed by atoms with Crippen LogP contribution in [0.4, 0.5) is 13.2 Å². The van der Waals surface area contributed by atoms with Crippen LogP contribution in [0.15, 0.2) is 58.0 Å². The average molecular weight is 477 g/mol. The van der Waals surface area contributed by atoms with E-state index in [0.717, 1.165) is 11.0 Å². The Morgan fingerprint density at radius 1 is 1.15 bits per heavy atom. The van der Waals surface area contributed by atoms with Crippen molar-refractivity contribution in [2.75, 3.05) is 0 Å². The molecule has 2 atom stereocenters. The number of benzene rings is 1. The molecule has 5 nitrogen and oxygen atoms in total. The van der Waals surface area contributed by atoms with E-state index in [0.29, 0.717) is 17.0 Å². The molecule has 1 aromatic carbocycles. The summed E-state index contributed by atoms with van der Waals surface area (Å²) in [6.45, 7) is 5.77. The maximum atomic E-state index is 14.0. The number of aromatic nitrogens is 2. The van der Waals surface area contributed by atoms with Gasteiger partial charge in [0, 0.05) is 16.9 Å². The lowest BCUT2D eigenvalue weighted by Gasteiger charge is -2.25. The Morgan fingerprint density at radius 3 is 2.52 bits per heavy atom. The molecule has 2 heterocycles. The molecule has 1 aliphatic rings. The van der Waals surface area contributed by atoms with Crippen LogP contribution in [0.1, 0.15) is 44.9 Å². The zero-order valence-corrected chi connectivity index (χ0v) is 19.5. The molecule has 9 heteroatoms. The SMILES string of the molecule is CC(CC(=N)c1cc(-c2ccc([SH]3C=CC=C3C(C)C)c(C(F)(F)F)c2)ncn1)CC(N)=O. The first-order chi connectivity index (χ1) is 15.5. The van der Waals surface area contributed by atoms with Crippen LogP contribution < -0.4 is 5.73 Å². The quantitative estimate of drug-likeness (QED) is 0.329. The van der Waals surface area contributed by atoms with Crippen LogP contribution in [0.25, 0.3) is 11.3 Å². The Kier molecular flexibility index (Phi) is 7.41. The van der Waals surface area contributed by atoms with Crippen LogP contribution in [0.3, 0.4) is 0 Å². The second-order valence-corrected chi connectivity index (χ2v) is 10.5. The predicted molar refractivity (Wildman–Crippen MR) is 126 cm³/mol. The summed E-state index contributed by atoms with van der Waals surface area (Å²) in [7, 11) is -1.19. The Bertz CT molecular complexity index is 1120. The van der Waals surface area contributed by atoms with Crippen LogP contribution in [0.5, 0.6) is 0 Å². The maximum absolute atomic E-state index is 14.0. The van der Waals surface area contributed by atoms with E-state index in [9.17, 15) is 18.0 Å². The molecule has 0 aliphatic carbocycles. The fourth-order valence-electron chi connectivity index (χ4n) is 3.77. The number of nitrogens with two attached hydrogens (primary N) is 1. The number of carbonyl (C=O) groups excluding carboxylic acids is 1. The van der Waals surface area contributed by atoms with Gasteiger partial charge in [-0.3, -0.25) is 4.79 Å². The summed E-state index contributed by atoms with van der Waals surface area (Å²) in [5, 5.41) is 10.1. The number of rotatable bonds is 8. The third-order valence-electron chi connectivity index (χ3n) is 5.31. The fourth-order valence-corrected chi connectivity index (χ4v) is 6.12. The molecule has 0 saturated heterocycles. The number of alkyl halides is 3. The highest BCUT2D eigenvalue weighted by molar-refractivity contribution is 8.23. The van der Waals surface area contributed by atoms with Gasteiger partial charge in [0.15, 0.2) is 0 Å². The van der Waals surface area contributed by atoms with E-state index in [1.807, 2.05) is 31.4 Å². The lowest BCUT2D eigenvalue weighted by molar-refractivity contribution is -0.139. The molecule has 3 N–H and O–H groups in total. The highest BCUT2D eigenvalue weighted by atomic mass is 32.2. The Labute approximate surface area is 193 Å². The molecular weight excluding hydrogens is 449 g/mol. The largest absolute Gasteiger partial charge is 0.417 e. The normalized spacial score (nSPS) is 17.8. The van der Waals surface area contributed by atoms with Gasteiger partial charge in [0.05, 0.1) is 22.7 Å². The molecule has 0 spiro atoms. The van der Waals surface area contributed by atoms with E-state index >= 15 is 0 Å². The van der Waals surface area contributed by atoms with Crippen molar-refractivity contribution in [1.29, 1.82) is 5.41 Å². The summed E-state index contributed by atoms with van der Waals surface area (Å²) in [6, 6.07) is 5.82. The predicted octanol–water partition coefficient (Wildman–Crippen LogP) is 5.86. The number of nitrogens with zero attached hydrogens (tertiary/aromatic N) is 2. The maximum Gasteiger partial charge on any atom is 0.417 e. The summed E-state index contributed by atoms with van der Waals surface area (Å²) in [5.74, 6) is -0.443. The number of primary amides is 1. The van der Waals surface area contributed by atoms with Gasteiger partial charge in [0.1, 0.15) is 6.33 Å². The van der Waals surface area contributed by atoms with Gasteiger partial charge in [-0.25, -0.2) is 9.97 Å². The number of allylic oxidation sites excluding steroid dienone is 3. The van der Waals surface area contributed by atoms with E-state index in [1.54, 1.807) is 13.0 Å². The molecule has 176 valence electrons. The van der Waals surface area contributed by atoms with Gasteiger partial charge in [0.2, 0.25) is 5.91 Å². The van der Waals surface area contributed by atoms with Gasteiger partial charge in [-0.2, -0.15) is 24.1 Å². The van der Waals surface area contributed by atoms with Crippen molar-refractivity contribution in [2.24, 2.45) is 17.6 Å². The topological polar surface area (TPSA) is 92.7 Å². The summed E-state index contributed by atoms with van der Waals surface area (Å²) >= 11 is 0. The van der Waals surface area contributed by atoms with Crippen LogP contribution in [0.2, 0.25) is 0 Å². The smallest absolute Gasteiger partial charge is 0.370 e. The molecule has 0 saturated carbocycles. The number of carbonyl (C=O) groups is 1. The second kappa shape index (κ2) is 9.91. The number of amides is 1. The summed E-state index contributed by atoms with van der Waals surface area (Å²) in [6.07, 6.45) is 0.873. The molecule has 1 amide bonds. The fraction of sp³-hybridized carbons (Fsp3) is 0.333. The van der Waals surface area contributed by atoms with Crippen molar-refractivity contribution < 1.29 is 18.0 Å². The summed E-state index contributed by atoms with van der Waals surface area (Å²) < 4.78 is 42.1. The number of nitrogens with one attached hydrogen (secondary N) is 1. The summed E-state index contributed by atoms with van der Waals surface area (Å²) in [5.41, 5.74) is 5.63. The van der Waals surface area contributed by atoms with Crippen molar-refractivity contribution in [3.8, 4) is 11.3 Å². The molecule has 0 radical (unpaired) electrons. The molecule has 1 aromatic heterocycles. The lowest BCUT2D eigenvalue weighted by Crippen LogP contribution is -2.17. The van der Waals surface area contributed by atoms with Crippen LogP contribution in [-0.2, 0) is 11.0 Å². The zero-order chi connectivity index (χ0) is 24.3. The van der Waals surface area contributed by atoms with Gasteiger partial charge in [-0.1, -0.05) is 39.0 Å². The molecule has 33 heavy (non-hydrogen) atoms. The first kappa shape index (κ1) is 24.7. The number of thiol groups is 1. The van der Waals surface area contributed by atoms with Crippen molar-refractivity contribution in [1.82, 2.24) is 9.97 Å². The van der Waals surface area contributed by atoms with Crippen molar-refractivity contribution in [3.05, 3.63) is 64.3 Å². The second-order valence-electron chi connectivity index (χ2n) is 8.43. The van der Waals surface area contributed by atoms with Gasteiger partial charge in [0.25, 0.3) is 0 Å². The van der Waals surface area contributed by atoms with Crippen LogP contribution in [0, 0.1) is 17.2 Å². The molecule has 0 fully saturated rings. The Morgan fingerprint density at radius 2 is 1.88 bits per heavy atom. The average Bonchev–Trinajstić information content (AvgIpc) is 3.22. The van der Waals surface area contributed by atoms with Gasteiger partial charge in [-0.05, 0) is 46.8 Å². The molecule has 2 unspecified atom stereocenters. The molecule has 1 aliphatic heterocycles. The van der Waals surface area contributed by atoms with E-state index in [2.05, 4.69) is 9.97 Å². The van der Waals surface area contributed by atoms with Crippen molar-refractivity contribution in [2.45, 2.75) is 44.7 Å².